The molecule has 1 unspecified atom stereocenters. The van der Waals surface area contributed by atoms with Gasteiger partial charge in [0.05, 0.1) is 0 Å². The van der Waals surface area contributed by atoms with Gasteiger partial charge in [0.2, 0.25) is 0 Å². The van der Waals surface area contributed by atoms with Crippen molar-refractivity contribution in [2.45, 2.75) is 32.2 Å². The first-order valence-electron chi connectivity index (χ1n) is 6.91. The lowest BCUT2D eigenvalue weighted by Gasteiger charge is -2.30. The molecule has 1 atom stereocenters. The van der Waals surface area contributed by atoms with Crippen LogP contribution < -0.4 is 5.32 Å². The smallest absolute Gasteiger partial charge is 0.0348 e. The van der Waals surface area contributed by atoms with Crippen molar-refractivity contribution in [3.8, 4) is 0 Å². The molecule has 0 spiro atoms. The second-order valence-corrected chi connectivity index (χ2v) is 4.85. The summed E-state index contributed by atoms with van der Waals surface area (Å²) in [6, 6.07) is 11.6. The van der Waals surface area contributed by atoms with Gasteiger partial charge in [-0.15, -0.1) is 0 Å². The SMILES string of the molecule is CCCC(c1ccccc1)N1CCCNCC1. The normalized spacial score (nSPS) is 19.8. The van der Waals surface area contributed by atoms with Crippen LogP contribution in [0.2, 0.25) is 0 Å². The molecule has 2 heteroatoms. The van der Waals surface area contributed by atoms with Crippen LogP contribution in [0.3, 0.4) is 0 Å². The van der Waals surface area contributed by atoms with Crippen LogP contribution in [0.4, 0.5) is 0 Å². The van der Waals surface area contributed by atoms with Crippen LogP contribution in [-0.4, -0.2) is 31.1 Å². The van der Waals surface area contributed by atoms with E-state index >= 15 is 0 Å². The van der Waals surface area contributed by atoms with Gasteiger partial charge in [-0.05, 0) is 24.9 Å². The monoisotopic (exact) mass is 232 g/mol. The quantitative estimate of drug-likeness (QED) is 0.858. The first-order valence-corrected chi connectivity index (χ1v) is 6.91. The Morgan fingerprint density at radius 2 is 2.00 bits per heavy atom. The van der Waals surface area contributed by atoms with Crippen LogP contribution in [0.1, 0.15) is 37.8 Å². The van der Waals surface area contributed by atoms with E-state index in [2.05, 4.69) is 47.5 Å². The third kappa shape index (κ3) is 3.55. The van der Waals surface area contributed by atoms with E-state index in [0.29, 0.717) is 6.04 Å². The highest BCUT2D eigenvalue weighted by atomic mass is 15.2. The number of nitrogens with one attached hydrogen (secondary N) is 1. The molecule has 0 aromatic heterocycles. The maximum absolute atomic E-state index is 3.48. The summed E-state index contributed by atoms with van der Waals surface area (Å²) < 4.78 is 0. The van der Waals surface area contributed by atoms with E-state index in [0.717, 1.165) is 6.54 Å². The Labute approximate surface area is 105 Å². The summed E-state index contributed by atoms with van der Waals surface area (Å²) in [5, 5.41) is 3.48. The van der Waals surface area contributed by atoms with Gasteiger partial charge in [0.1, 0.15) is 0 Å². The van der Waals surface area contributed by atoms with Crippen molar-refractivity contribution in [2.24, 2.45) is 0 Å². The lowest BCUT2D eigenvalue weighted by molar-refractivity contribution is 0.199. The molecule has 0 aliphatic carbocycles. The predicted molar refractivity (Wildman–Crippen MR) is 73.2 cm³/mol. The van der Waals surface area contributed by atoms with Crippen LogP contribution in [0, 0.1) is 0 Å². The van der Waals surface area contributed by atoms with Gasteiger partial charge in [-0.1, -0.05) is 43.7 Å². The Morgan fingerprint density at radius 1 is 1.18 bits per heavy atom. The Bertz CT molecular complexity index is 302. The van der Waals surface area contributed by atoms with Gasteiger partial charge in [-0.3, -0.25) is 4.90 Å². The maximum Gasteiger partial charge on any atom is 0.0348 e. The van der Waals surface area contributed by atoms with E-state index < -0.39 is 0 Å². The number of hydrogen-bond donors (Lipinski definition) is 1. The van der Waals surface area contributed by atoms with Gasteiger partial charge in [0.25, 0.3) is 0 Å². The lowest BCUT2D eigenvalue weighted by Crippen LogP contribution is -2.32. The summed E-state index contributed by atoms with van der Waals surface area (Å²) in [5.41, 5.74) is 1.48. The molecule has 17 heavy (non-hydrogen) atoms. The highest BCUT2D eigenvalue weighted by Crippen LogP contribution is 2.25. The van der Waals surface area contributed by atoms with Crippen molar-refractivity contribution in [2.75, 3.05) is 26.2 Å². The average Bonchev–Trinajstić information content (AvgIpc) is 2.66. The minimum absolute atomic E-state index is 0.612. The van der Waals surface area contributed by atoms with Crippen molar-refractivity contribution in [1.29, 1.82) is 0 Å². The molecule has 1 aromatic rings. The summed E-state index contributed by atoms with van der Waals surface area (Å²) >= 11 is 0. The number of nitrogens with zero attached hydrogens (tertiary/aromatic N) is 1. The van der Waals surface area contributed by atoms with Crippen molar-refractivity contribution in [3.63, 3.8) is 0 Å². The molecule has 0 amide bonds. The minimum atomic E-state index is 0.612. The standard InChI is InChI=1S/C15H24N2/c1-2-7-15(14-8-4-3-5-9-14)17-12-6-10-16-11-13-17/h3-5,8-9,15-16H,2,6-7,10-13H2,1H3. The maximum atomic E-state index is 3.48. The van der Waals surface area contributed by atoms with Crippen molar-refractivity contribution in [3.05, 3.63) is 35.9 Å². The number of rotatable bonds is 4. The Hall–Kier alpha value is -0.860. The second-order valence-electron chi connectivity index (χ2n) is 4.85. The minimum Gasteiger partial charge on any atom is -0.315 e. The third-order valence-corrected chi connectivity index (χ3v) is 3.56. The highest BCUT2D eigenvalue weighted by Gasteiger charge is 2.19. The molecule has 1 heterocycles. The largest absolute Gasteiger partial charge is 0.315 e. The second kappa shape index (κ2) is 6.77. The molecule has 1 N–H and O–H groups in total. The first kappa shape index (κ1) is 12.6. The molecular formula is C15H24N2. The number of hydrogen-bond acceptors (Lipinski definition) is 2. The molecule has 2 rings (SSSR count). The molecule has 0 radical (unpaired) electrons. The first-order chi connectivity index (χ1) is 8.42. The van der Waals surface area contributed by atoms with Gasteiger partial charge in [-0.25, -0.2) is 0 Å². The molecule has 1 aliphatic rings. The predicted octanol–water partition coefficient (Wildman–Crippen LogP) is 2.82. The van der Waals surface area contributed by atoms with E-state index in [1.54, 1.807) is 0 Å². The third-order valence-electron chi connectivity index (χ3n) is 3.56. The topological polar surface area (TPSA) is 15.3 Å². The molecule has 0 bridgehead atoms. The zero-order valence-electron chi connectivity index (χ0n) is 10.9. The fraction of sp³-hybridized carbons (Fsp3) is 0.600. The molecule has 1 fully saturated rings. The zero-order chi connectivity index (χ0) is 11.9. The fourth-order valence-corrected chi connectivity index (χ4v) is 2.69. The average molecular weight is 232 g/mol. The van der Waals surface area contributed by atoms with Gasteiger partial charge in [0, 0.05) is 25.7 Å². The van der Waals surface area contributed by atoms with E-state index in [4.69, 9.17) is 0 Å². The lowest BCUT2D eigenvalue weighted by atomic mass is 10.0. The van der Waals surface area contributed by atoms with Crippen molar-refractivity contribution >= 4 is 0 Å². The van der Waals surface area contributed by atoms with E-state index in [9.17, 15) is 0 Å². The van der Waals surface area contributed by atoms with Gasteiger partial charge >= 0.3 is 0 Å². The van der Waals surface area contributed by atoms with E-state index in [-0.39, 0.29) is 0 Å². The summed E-state index contributed by atoms with van der Waals surface area (Å²) in [4.78, 5) is 2.65. The Kier molecular flexibility index (Phi) is 5.02. The molecule has 1 aromatic carbocycles. The molecule has 2 nitrogen and oxygen atoms in total. The van der Waals surface area contributed by atoms with Crippen LogP contribution in [0.5, 0.6) is 0 Å². The number of benzene rings is 1. The van der Waals surface area contributed by atoms with Gasteiger partial charge in [-0.2, -0.15) is 0 Å². The van der Waals surface area contributed by atoms with Gasteiger partial charge in [0.15, 0.2) is 0 Å². The molecule has 94 valence electrons. The van der Waals surface area contributed by atoms with Crippen molar-refractivity contribution < 1.29 is 0 Å². The Balaban J connectivity index is 2.10. The fourth-order valence-electron chi connectivity index (χ4n) is 2.69. The Morgan fingerprint density at radius 3 is 2.76 bits per heavy atom. The van der Waals surface area contributed by atoms with Gasteiger partial charge < -0.3 is 5.32 Å². The van der Waals surface area contributed by atoms with Crippen LogP contribution in [0.15, 0.2) is 30.3 Å². The summed E-state index contributed by atoms with van der Waals surface area (Å²) in [7, 11) is 0. The molecule has 0 saturated carbocycles. The van der Waals surface area contributed by atoms with Crippen LogP contribution in [0.25, 0.3) is 0 Å². The highest BCUT2D eigenvalue weighted by molar-refractivity contribution is 5.19. The summed E-state index contributed by atoms with van der Waals surface area (Å²) in [6.45, 7) is 7.00. The molecular weight excluding hydrogens is 208 g/mol. The van der Waals surface area contributed by atoms with Crippen LogP contribution in [-0.2, 0) is 0 Å². The zero-order valence-corrected chi connectivity index (χ0v) is 10.9. The summed E-state index contributed by atoms with van der Waals surface area (Å²) in [5.74, 6) is 0. The van der Waals surface area contributed by atoms with E-state index in [1.807, 2.05) is 0 Å². The molecule has 1 aliphatic heterocycles. The van der Waals surface area contributed by atoms with Crippen molar-refractivity contribution in [1.82, 2.24) is 10.2 Å². The van der Waals surface area contributed by atoms with Crippen LogP contribution >= 0.6 is 0 Å². The molecule has 1 saturated heterocycles. The summed E-state index contributed by atoms with van der Waals surface area (Å²) in [6.07, 6.45) is 3.79. The van der Waals surface area contributed by atoms with E-state index in [1.165, 1.54) is 44.5 Å².